The second-order valence-corrected chi connectivity index (χ2v) is 7.79. The van der Waals surface area contributed by atoms with Crippen molar-refractivity contribution in [2.45, 2.75) is 4.90 Å². The number of methoxy groups -OCH3 is 1. The standard InChI is InChI=1S/C16H15N3O4S2/c1-17-25(21,22)15-8-10(3-5-13(15)23-2)16(20)19-12-4-6-14-11(7-12)9-18-24-14/h3-9,17H,1-2H3,(H,19,20). The van der Waals surface area contributed by atoms with Crippen LogP contribution in [0.15, 0.2) is 47.5 Å². The van der Waals surface area contributed by atoms with Crippen molar-refractivity contribution in [2.75, 3.05) is 19.5 Å². The molecule has 0 saturated heterocycles. The third kappa shape index (κ3) is 3.48. The predicted octanol–water partition coefficient (Wildman–Crippen LogP) is 2.47. The Morgan fingerprint density at radius 3 is 2.72 bits per heavy atom. The van der Waals surface area contributed by atoms with Crippen LogP contribution in [-0.2, 0) is 10.0 Å². The topological polar surface area (TPSA) is 97.4 Å². The number of nitrogens with zero attached hydrogens (tertiary/aromatic N) is 1. The van der Waals surface area contributed by atoms with Gasteiger partial charge in [-0.3, -0.25) is 4.79 Å². The first-order valence-corrected chi connectivity index (χ1v) is 9.47. The van der Waals surface area contributed by atoms with Crippen LogP contribution >= 0.6 is 11.5 Å². The molecule has 1 aromatic heterocycles. The molecule has 0 fully saturated rings. The first-order chi connectivity index (χ1) is 11.9. The first-order valence-electron chi connectivity index (χ1n) is 7.22. The largest absolute Gasteiger partial charge is 0.495 e. The highest BCUT2D eigenvalue weighted by molar-refractivity contribution is 7.89. The van der Waals surface area contributed by atoms with Crippen LogP contribution in [0.2, 0.25) is 0 Å². The molecule has 0 aliphatic rings. The molecule has 0 aliphatic heterocycles. The van der Waals surface area contributed by atoms with Gasteiger partial charge in [-0.2, -0.15) is 4.37 Å². The number of ether oxygens (including phenoxy) is 1. The maximum Gasteiger partial charge on any atom is 0.255 e. The Bertz CT molecular complexity index is 1040. The zero-order chi connectivity index (χ0) is 18.0. The van der Waals surface area contributed by atoms with Gasteiger partial charge in [0.25, 0.3) is 5.91 Å². The molecular weight excluding hydrogens is 362 g/mol. The molecule has 0 saturated carbocycles. The van der Waals surface area contributed by atoms with E-state index in [2.05, 4.69) is 14.4 Å². The summed E-state index contributed by atoms with van der Waals surface area (Å²) in [5.41, 5.74) is 0.810. The Balaban J connectivity index is 1.92. The van der Waals surface area contributed by atoms with Crippen molar-refractivity contribution in [2.24, 2.45) is 0 Å². The van der Waals surface area contributed by atoms with Gasteiger partial charge in [0.15, 0.2) is 0 Å². The van der Waals surface area contributed by atoms with Gasteiger partial charge >= 0.3 is 0 Å². The lowest BCUT2D eigenvalue weighted by Gasteiger charge is -2.11. The van der Waals surface area contributed by atoms with Crippen LogP contribution in [-0.4, -0.2) is 32.9 Å². The minimum atomic E-state index is -3.75. The highest BCUT2D eigenvalue weighted by atomic mass is 32.2. The number of fused-ring (bicyclic) bond motifs is 1. The van der Waals surface area contributed by atoms with Crippen LogP contribution in [0.5, 0.6) is 5.75 Å². The summed E-state index contributed by atoms with van der Waals surface area (Å²) >= 11 is 1.37. The van der Waals surface area contributed by atoms with E-state index >= 15 is 0 Å². The summed E-state index contributed by atoms with van der Waals surface area (Å²) in [5, 5.41) is 3.68. The lowest BCUT2D eigenvalue weighted by Crippen LogP contribution is -2.20. The molecule has 2 aromatic carbocycles. The molecule has 25 heavy (non-hydrogen) atoms. The van der Waals surface area contributed by atoms with Crippen molar-refractivity contribution < 1.29 is 17.9 Å². The molecule has 0 aliphatic carbocycles. The van der Waals surface area contributed by atoms with Crippen molar-refractivity contribution in [3.63, 3.8) is 0 Å². The van der Waals surface area contributed by atoms with Crippen molar-refractivity contribution in [3.05, 3.63) is 48.2 Å². The SMILES string of the molecule is CNS(=O)(=O)c1cc(C(=O)Nc2ccc3sncc3c2)ccc1OC. The fourth-order valence-corrected chi connectivity index (χ4v) is 3.84. The molecule has 1 heterocycles. The highest BCUT2D eigenvalue weighted by Gasteiger charge is 2.20. The van der Waals surface area contributed by atoms with Crippen LogP contribution in [0.4, 0.5) is 5.69 Å². The number of hydrogen-bond donors (Lipinski definition) is 2. The quantitative estimate of drug-likeness (QED) is 0.712. The van der Waals surface area contributed by atoms with Crippen LogP contribution in [0.25, 0.3) is 10.1 Å². The number of rotatable bonds is 5. The van der Waals surface area contributed by atoms with Gasteiger partial charge in [-0.1, -0.05) is 0 Å². The second kappa shape index (κ2) is 6.79. The molecule has 3 aromatic rings. The Hall–Kier alpha value is -2.49. The van der Waals surface area contributed by atoms with Crippen molar-refractivity contribution >= 4 is 43.2 Å². The number of amides is 1. The molecule has 0 bridgehead atoms. The smallest absolute Gasteiger partial charge is 0.255 e. The number of benzene rings is 2. The Morgan fingerprint density at radius 1 is 1.20 bits per heavy atom. The molecule has 0 unspecified atom stereocenters. The minimum absolute atomic E-state index is 0.0948. The second-order valence-electron chi connectivity index (χ2n) is 5.11. The molecule has 0 atom stereocenters. The van der Waals surface area contributed by atoms with Gasteiger partial charge in [0.2, 0.25) is 10.0 Å². The summed E-state index contributed by atoms with van der Waals surface area (Å²) < 4.78 is 36.6. The van der Waals surface area contributed by atoms with Crippen LogP contribution < -0.4 is 14.8 Å². The predicted molar refractivity (Wildman–Crippen MR) is 96.8 cm³/mol. The van der Waals surface area contributed by atoms with Gasteiger partial charge in [-0.15, -0.1) is 0 Å². The zero-order valence-corrected chi connectivity index (χ0v) is 15.1. The summed E-state index contributed by atoms with van der Waals surface area (Å²) in [4.78, 5) is 12.4. The van der Waals surface area contributed by atoms with Gasteiger partial charge in [0.05, 0.1) is 11.8 Å². The minimum Gasteiger partial charge on any atom is -0.495 e. The molecule has 1 amide bonds. The zero-order valence-electron chi connectivity index (χ0n) is 13.4. The van der Waals surface area contributed by atoms with Gasteiger partial charge in [0.1, 0.15) is 10.6 Å². The van der Waals surface area contributed by atoms with Gasteiger partial charge in [-0.05, 0) is 55.0 Å². The maximum atomic E-state index is 12.5. The van der Waals surface area contributed by atoms with E-state index < -0.39 is 15.9 Å². The summed E-state index contributed by atoms with van der Waals surface area (Å²) in [6, 6.07) is 9.69. The van der Waals surface area contributed by atoms with Crippen molar-refractivity contribution in [1.29, 1.82) is 0 Å². The van der Waals surface area contributed by atoms with Crippen LogP contribution in [0.3, 0.4) is 0 Å². The molecule has 0 spiro atoms. The summed E-state index contributed by atoms with van der Waals surface area (Å²) in [5.74, 6) is -0.255. The van der Waals surface area contributed by atoms with E-state index in [1.54, 1.807) is 12.3 Å². The summed E-state index contributed by atoms with van der Waals surface area (Å²) in [6.07, 6.45) is 1.72. The van der Waals surface area contributed by atoms with E-state index in [-0.39, 0.29) is 16.2 Å². The number of sulfonamides is 1. The maximum absolute atomic E-state index is 12.5. The number of hydrogen-bond acceptors (Lipinski definition) is 6. The van der Waals surface area contributed by atoms with E-state index in [0.29, 0.717) is 5.69 Å². The summed E-state index contributed by atoms with van der Waals surface area (Å²) in [7, 11) is -1.09. The van der Waals surface area contributed by atoms with Crippen LogP contribution in [0.1, 0.15) is 10.4 Å². The monoisotopic (exact) mass is 377 g/mol. The van der Waals surface area contributed by atoms with E-state index in [1.165, 1.54) is 43.9 Å². The van der Waals surface area contributed by atoms with E-state index in [0.717, 1.165) is 10.1 Å². The highest BCUT2D eigenvalue weighted by Crippen LogP contribution is 2.26. The van der Waals surface area contributed by atoms with Gasteiger partial charge in [-0.25, -0.2) is 13.1 Å². The number of nitrogens with one attached hydrogen (secondary N) is 2. The molecule has 2 N–H and O–H groups in total. The molecule has 130 valence electrons. The molecule has 9 heteroatoms. The normalized spacial score (nSPS) is 11.4. The average molecular weight is 377 g/mol. The Labute approximate surface area is 148 Å². The number of anilines is 1. The summed E-state index contributed by atoms with van der Waals surface area (Å²) in [6.45, 7) is 0. The lowest BCUT2D eigenvalue weighted by molar-refractivity contribution is 0.102. The van der Waals surface area contributed by atoms with E-state index in [4.69, 9.17) is 4.74 Å². The number of carbonyl (C=O) groups excluding carboxylic acids is 1. The van der Waals surface area contributed by atoms with E-state index in [1.807, 2.05) is 12.1 Å². The fourth-order valence-electron chi connectivity index (χ4n) is 2.29. The van der Waals surface area contributed by atoms with Crippen molar-refractivity contribution in [3.8, 4) is 5.75 Å². The van der Waals surface area contributed by atoms with Crippen LogP contribution in [0, 0.1) is 0 Å². The third-order valence-electron chi connectivity index (χ3n) is 3.59. The fraction of sp³-hybridized carbons (Fsp3) is 0.125. The third-order valence-corrected chi connectivity index (χ3v) is 5.81. The van der Waals surface area contributed by atoms with E-state index in [9.17, 15) is 13.2 Å². The lowest BCUT2D eigenvalue weighted by atomic mass is 10.2. The average Bonchev–Trinajstić information content (AvgIpc) is 3.08. The molecule has 7 nitrogen and oxygen atoms in total. The number of aromatic nitrogens is 1. The molecular formula is C16H15N3O4S2. The number of carbonyl (C=O) groups is 1. The Morgan fingerprint density at radius 2 is 2.00 bits per heavy atom. The first kappa shape index (κ1) is 17.3. The molecule has 0 radical (unpaired) electrons. The Kier molecular flexibility index (Phi) is 4.71. The van der Waals surface area contributed by atoms with Crippen molar-refractivity contribution in [1.82, 2.24) is 9.10 Å². The molecule has 3 rings (SSSR count). The van der Waals surface area contributed by atoms with Gasteiger partial charge < -0.3 is 10.1 Å². The van der Waals surface area contributed by atoms with Gasteiger partial charge in [0, 0.05) is 22.8 Å².